The summed E-state index contributed by atoms with van der Waals surface area (Å²) in [6.45, 7) is 0.832. The van der Waals surface area contributed by atoms with Gasteiger partial charge in [-0.1, -0.05) is 6.07 Å². The lowest BCUT2D eigenvalue weighted by Gasteiger charge is -2.29. The summed E-state index contributed by atoms with van der Waals surface area (Å²) in [5.41, 5.74) is 3.11. The summed E-state index contributed by atoms with van der Waals surface area (Å²) in [4.78, 5) is 25.1. The van der Waals surface area contributed by atoms with Crippen LogP contribution in [0.1, 0.15) is 50.1 Å². The van der Waals surface area contributed by atoms with Gasteiger partial charge in [0.05, 0.1) is 11.4 Å². The van der Waals surface area contributed by atoms with Gasteiger partial charge in [-0.05, 0) is 56.6 Å². The van der Waals surface area contributed by atoms with E-state index in [0.717, 1.165) is 62.0 Å². The number of hydrogen-bond acceptors (Lipinski definition) is 4. The Labute approximate surface area is 148 Å². The molecule has 1 N–H and O–H groups in total. The van der Waals surface area contributed by atoms with Crippen LogP contribution in [0.2, 0.25) is 0 Å². The zero-order chi connectivity index (χ0) is 17.1. The van der Waals surface area contributed by atoms with Crippen molar-refractivity contribution in [2.24, 2.45) is 11.8 Å². The molecule has 0 unspecified atom stereocenters. The van der Waals surface area contributed by atoms with Gasteiger partial charge in [-0.25, -0.2) is 9.97 Å². The van der Waals surface area contributed by atoms with E-state index >= 15 is 0 Å². The molecule has 5 heteroatoms. The van der Waals surface area contributed by atoms with Crippen LogP contribution < -0.4 is 5.32 Å². The number of pyridine rings is 1. The molecule has 2 aromatic heterocycles. The molecule has 0 aliphatic heterocycles. The lowest BCUT2D eigenvalue weighted by Crippen LogP contribution is -2.32. The molecule has 130 valence electrons. The quantitative estimate of drug-likeness (QED) is 0.909. The van der Waals surface area contributed by atoms with Crippen molar-refractivity contribution in [1.82, 2.24) is 20.3 Å². The molecule has 0 atom stereocenters. The average Bonchev–Trinajstić information content (AvgIpc) is 3.53. The predicted molar refractivity (Wildman–Crippen MR) is 95.7 cm³/mol. The SMILES string of the molecule is O=C(NCC1CCC(c2ncncc2-c2ccccn2)CC1)C1CC1. The van der Waals surface area contributed by atoms with Crippen molar-refractivity contribution in [2.45, 2.75) is 44.4 Å². The Kier molecular flexibility index (Phi) is 4.72. The first kappa shape index (κ1) is 16.2. The summed E-state index contributed by atoms with van der Waals surface area (Å²) in [6, 6.07) is 5.94. The number of amides is 1. The van der Waals surface area contributed by atoms with E-state index in [1.807, 2.05) is 30.6 Å². The minimum absolute atomic E-state index is 0.260. The highest BCUT2D eigenvalue weighted by Crippen LogP contribution is 2.38. The maximum atomic E-state index is 11.8. The average molecular weight is 336 g/mol. The fraction of sp³-hybridized carbons (Fsp3) is 0.500. The van der Waals surface area contributed by atoms with Crippen molar-refractivity contribution >= 4 is 5.91 Å². The van der Waals surface area contributed by atoms with Crippen LogP contribution in [0.3, 0.4) is 0 Å². The molecular weight excluding hydrogens is 312 g/mol. The van der Waals surface area contributed by atoms with Crippen molar-refractivity contribution in [2.75, 3.05) is 6.54 Å². The number of carbonyl (C=O) groups is 1. The lowest BCUT2D eigenvalue weighted by molar-refractivity contribution is -0.122. The molecule has 2 aromatic rings. The highest BCUT2D eigenvalue weighted by atomic mass is 16.2. The highest BCUT2D eigenvalue weighted by Gasteiger charge is 2.31. The van der Waals surface area contributed by atoms with Gasteiger partial charge in [0.2, 0.25) is 5.91 Å². The second-order valence-electron chi connectivity index (χ2n) is 7.27. The van der Waals surface area contributed by atoms with Crippen LogP contribution in [-0.2, 0) is 4.79 Å². The first-order valence-electron chi connectivity index (χ1n) is 9.30. The summed E-state index contributed by atoms with van der Waals surface area (Å²) in [6.07, 6.45) is 12.0. The molecule has 2 saturated carbocycles. The van der Waals surface area contributed by atoms with Crippen molar-refractivity contribution in [3.05, 3.63) is 42.6 Å². The van der Waals surface area contributed by atoms with Crippen LogP contribution in [0.15, 0.2) is 36.9 Å². The van der Waals surface area contributed by atoms with Gasteiger partial charge in [-0.2, -0.15) is 0 Å². The first-order chi connectivity index (χ1) is 12.3. The molecule has 1 amide bonds. The molecule has 5 nitrogen and oxygen atoms in total. The summed E-state index contributed by atoms with van der Waals surface area (Å²) in [5.74, 6) is 1.61. The fourth-order valence-electron chi connectivity index (χ4n) is 3.76. The van der Waals surface area contributed by atoms with Crippen molar-refractivity contribution in [3.63, 3.8) is 0 Å². The van der Waals surface area contributed by atoms with Crippen LogP contribution in [0.5, 0.6) is 0 Å². The maximum Gasteiger partial charge on any atom is 0.223 e. The number of aromatic nitrogens is 3. The van der Waals surface area contributed by atoms with Gasteiger partial charge in [0.25, 0.3) is 0 Å². The van der Waals surface area contributed by atoms with Crippen LogP contribution in [0, 0.1) is 11.8 Å². The predicted octanol–water partition coefficient (Wildman–Crippen LogP) is 3.34. The Bertz CT molecular complexity index is 721. The zero-order valence-electron chi connectivity index (χ0n) is 14.4. The standard InChI is InChI=1S/C20H24N4O/c25-20(16-8-9-16)23-11-14-4-6-15(7-5-14)19-17(12-21-13-24-19)18-3-1-2-10-22-18/h1-3,10,12-16H,4-9,11H2,(H,23,25). The smallest absolute Gasteiger partial charge is 0.223 e. The molecule has 0 spiro atoms. The van der Waals surface area contributed by atoms with Gasteiger partial charge in [-0.15, -0.1) is 0 Å². The number of nitrogens with zero attached hydrogens (tertiary/aromatic N) is 3. The van der Waals surface area contributed by atoms with Crippen LogP contribution in [-0.4, -0.2) is 27.4 Å². The molecule has 2 heterocycles. The summed E-state index contributed by atoms with van der Waals surface area (Å²) in [5, 5.41) is 3.13. The molecule has 2 fully saturated rings. The minimum atomic E-state index is 0.260. The second-order valence-corrected chi connectivity index (χ2v) is 7.27. The topological polar surface area (TPSA) is 67.8 Å². The summed E-state index contributed by atoms with van der Waals surface area (Å²) >= 11 is 0. The van der Waals surface area contributed by atoms with Gasteiger partial charge in [0, 0.05) is 36.3 Å². The van der Waals surface area contributed by atoms with Crippen molar-refractivity contribution < 1.29 is 4.79 Å². The van der Waals surface area contributed by atoms with E-state index in [0.29, 0.717) is 17.8 Å². The minimum Gasteiger partial charge on any atom is -0.356 e. The molecule has 2 aliphatic rings. The van der Waals surface area contributed by atoms with E-state index in [-0.39, 0.29) is 5.91 Å². The summed E-state index contributed by atoms with van der Waals surface area (Å²) < 4.78 is 0. The van der Waals surface area contributed by atoms with Gasteiger partial charge in [0.15, 0.2) is 0 Å². The van der Waals surface area contributed by atoms with Crippen molar-refractivity contribution in [1.29, 1.82) is 0 Å². The Morgan fingerprint density at radius 2 is 1.92 bits per heavy atom. The third-order valence-corrected chi connectivity index (χ3v) is 5.43. The molecule has 2 aliphatic carbocycles. The van der Waals surface area contributed by atoms with Gasteiger partial charge in [-0.3, -0.25) is 9.78 Å². The number of rotatable bonds is 5. The number of nitrogens with one attached hydrogen (secondary N) is 1. The van der Waals surface area contributed by atoms with Gasteiger partial charge >= 0.3 is 0 Å². The number of carbonyl (C=O) groups excluding carboxylic acids is 1. The zero-order valence-corrected chi connectivity index (χ0v) is 14.4. The van der Waals surface area contributed by atoms with Crippen LogP contribution in [0.25, 0.3) is 11.3 Å². The van der Waals surface area contributed by atoms with E-state index in [1.165, 1.54) is 0 Å². The van der Waals surface area contributed by atoms with E-state index in [1.54, 1.807) is 6.33 Å². The van der Waals surface area contributed by atoms with Crippen LogP contribution >= 0.6 is 0 Å². The van der Waals surface area contributed by atoms with E-state index in [2.05, 4.69) is 20.3 Å². The summed E-state index contributed by atoms with van der Waals surface area (Å²) in [7, 11) is 0. The molecule has 4 rings (SSSR count). The maximum absolute atomic E-state index is 11.8. The monoisotopic (exact) mass is 336 g/mol. The Hall–Kier alpha value is -2.30. The van der Waals surface area contributed by atoms with E-state index < -0.39 is 0 Å². The fourth-order valence-corrected chi connectivity index (χ4v) is 3.76. The number of hydrogen-bond donors (Lipinski definition) is 1. The Balaban J connectivity index is 1.38. The molecular formula is C20H24N4O. The molecule has 0 aromatic carbocycles. The van der Waals surface area contributed by atoms with Gasteiger partial charge < -0.3 is 5.32 Å². The van der Waals surface area contributed by atoms with Gasteiger partial charge in [0.1, 0.15) is 6.33 Å². The molecule has 0 bridgehead atoms. The highest BCUT2D eigenvalue weighted by molar-refractivity contribution is 5.80. The molecule has 0 saturated heterocycles. The normalized spacial score (nSPS) is 23.2. The van der Waals surface area contributed by atoms with E-state index in [9.17, 15) is 4.79 Å². The Morgan fingerprint density at radius 1 is 1.08 bits per heavy atom. The first-order valence-corrected chi connectivity index (χ1v) is 9.30. The van der Waals surface area contributed by atoms with Crippen LogP contribution in [0.4, 0.5) is 0 Å². The largest absolute Gasteiger partial charge is 0.356 e. The molecule has 0 radical (unpaired) electrons. The van der Waals surface area contributed by atoms with E-state index in [4.69, 9.17) is 0 Å². The second kappa shape index (κ2) is 7.30. The lowest BCUT2D eigenvalue weighted by atomic mass is 9.79. The molecule has 25 heavy (non-hydrogen) atoms. The third kappa shape index (κ3) is 3.86. The Morgan fingerprint density at radius 3 is 2.64 bits per heavy atom. The van der Waals surface area contributed by atoms with Crippen molar-refractivity contribution in [3.8, 4) is 11.3 Å². The third-order valence-electron chi connectivity index (χ3n) is 5.43.